The van der Waals surface area contributed by atoms with Crippen molar-refractivity contribution in [2.75, 3.05) is 19.5 Å². The van der Waals surface area contributed by atoms with E-state index in [1.165, 1.54) is 7.11 Å². The topological polar surface area (TPSA) is 73.9 Å². The van der Waals surface area contributed by atoms with Gasteiger partial charge in [0.1, 0.15) is 16.9 Å². The van der Waals surface area contributed by atoms with Crippen molar-refractivity contribution in [2.45, 2.75) is 64.6 Å². The molecule has 0 aromatic heterocycles. The van der Waals surface area contributed by atoms with Crippen molar-refractivity contribution in [3.05, 3.63) is 23.8 Å². The average molecular weight is 377 g/mol. The van der Waals surface area contributed by atoms with Gasteiger partial charge in [0, 0.05) is 12.8 Å². The average Bonchev–Trinajstić information content (AvgIpc) is 2.68. The second-order valence-electron chi connectivity index (χ2n) is 7.39. The molecule has 1 fully saturated rings. The molecular formula is C21H31NO5. The van der Waals surface area contributed by atoms with E-state index in [0.29, 0.717) is 35.8 Å². The standard InChI is InChI=1S/C21H31NO5/c1-6-15(3)27-18-10-9-16(12-17(18)19(23)25-4)22-20(24)21(26-5)11-7-8-14(2)13-21/h9-10,12,14-15H,6-8,11,13H2,1-5H3,(H,22,24)/t14-,15+,21+/m1/s1. The second kappa shape index (κ2) is 9.22. The summed E-state index contributed by atoms with van der Waals surface area (Å²) in [5.74, 6) is 0.198. The summed E-state index contributed by atoms with van der Waals surface area (Å²) in [5.41, 5.74) is -0.0136. The van der Waals surface area contributed by atoms with Crippen molar-refractivity contribution in [2.24, 2.45) is 5.92 Å². The molecule has 150 valence electrons. The SMILES string of the molecule is CC[C@H](C)Oc1ccc(NC(=O)[C@]2(OC)CCC[C@@H](C)C2)cc1C(=O)OC. The highest BCUT2D eigenvalue weighted by molar-refractivity contribution is 5.99. The molecule has 1 saturated carbocycles. The first-order valence-electron chi connectivity index (χ1n) is 9.60. The maximum Gasteiger partial charge on any atom is 0.341 e. The molecule has 6 heteroatoms. The van der Waals surface area contributed by atoms with Crippen molar-refractivity contribution in [3.63, 3.8) is 0 Å². The molecule has 27 heavy (non-hydrogen) atoms. The number of nitrogens with one attached hydrogen (secondary N) is 1. The zero-order valence-corrected chi connectivity index (χ0v) is 17.0. The van der Waals surface area contributed by atoms with Crippen molar-refractivity contribution in [3.8, 4) is 5.75 Å². The molecule has 0 bridgehead atoms. The van der Waals surface area contributed by atoms with Gasteiger partial charge in [-0.2, -0.15) is 0 Å². The third-order valence-electron chi connectivity index (χ3n) is 5.31. The zero-order valence-electron chi connectivity index (χ0n) is 17.0. The Morgan fingerprint density at radius 2 is 2.07 bits per heavy atom. The molecule has 1 amide bonds. The Labute approximate surface area is 161 Å². The Balaban J connectivity index is 2.25. The highest BCUT2D eigenvalue weighted by Crippen LogP contribution is 2.36. The van der Waals surface area contributed by atoms with Crippen LogP contribution in [0.1, 0.15) is 63.2 Å². The first kappa shape index (κ1) is 21.2. The van der Waals surface area contributed by atoms with Crippen LogP contribution in [0.15, 0.2) is 18.2 Å². The number of benzene rings is 1. The molecule has 1 aliphatic carbocycles. The van der Waals surface area contributed by atoms with Crippen LogP contribution < -0.4 is 10.1 Å². The van der Waals surface area contributed by atoms with Crippen LogP contribution in [0.25, 0.3) is 0 Å². The van der Waals surface area contributed by atoms with Gasteiger partial charge in [-0.15, -0.1) is 0 Å². The third-order valence-corrected chi connectivity index (χ3v) is 5.31. The van der Waals surface area contributed by atoms with Gasteiger partial charge in [0.25, 0.3) is 5.91 Å². The minimum Gasteiger partial charge on any atom is -0.490 e. The van der Waals surface area contributed by atoms with Gasteiger partial charge in [0.2, 0.25) is 0 Å². The van der Waals surface area contributed by atoms with E-state index in [9.17, 15) is 9.59 Å². The lowest BCUT2D eigenvalue weighted by Crippen LogP contribution is -2.47. The number of methoxy groups -OCH3 is 2. The van der Waals surface area contributed by atoms with Gasteiger partial charge < -0.3 is 19.5 Å². The van der Waals surface area contributed by atoms with E-state index < -0.39 is 11.6 Å². The van der Waals surface area contributed by atoms with E-state index in [4.69, 9.17) is 14.2 Å². The highest BCUT2D eigenvalue weighted by atomic mass is 16.5. The largest absolute Gasteiger partial charge is 0.490 e. The van der Waals surface area contributed by atoms with Crippen LogP contribution in [0.3, 0.4) is 0 Å². The number of hydrogen-bond acceptors (Lipinski definition) is 5. The summed E-state index contributed by atoms with van der Waals surface area (Å²) in [4.78, 5) is 25.1. The molecule has 2 rings (SSSR count). The van der Waals surface area contributed by atoms with Crippen molar-refractivity contribution in [1.29, 1.82) is 0 Å². The van der Waals surface area contributed by atoms with Gasteiger partial charge in [-0.25, -0.2) is 4.79 Å². The molecule has 0 radical (unpaired) electrons. The molecule has 3 atom stereocenters. The normalized spacial score (nSPS) is 23.4. The Kier molecular flexibility index (Phi) is 7.25. The monoisotopic (exact) mass is 377 g/mol. The summed E-state index contributed by atoms with van der Waals surface area (Å²) in [5, 5.41) is 2.91. The number of carbonyl (C=O) groups excluding carboxylic acids is 2. The first-order chi connectivity index (χ1) is 12.8. The minimum absolute atomic E-state index is 0.0330. The molecule has 1 aromatic rings. The number of ether oxygens (including phenoxy) is 3. The smallest absolute Gasteiger partial charge is 0.341 e. The van der Waals surface area contributed by atoms with Gasteiger partial charge in [-0.3, -0.25) is 4.79 Å². The van der Waals surface area contributed by atoms with Crippen LogP contribution in [0.4, 0.5) is 5.69 Å². The molecule has 0 saturated heterocycles. The number of carbonyl (C=O) groups is 2. The van der Waals surface area contributed by atoms with Crippen molar-refractivity contribution in [1.82, 2.24) is 0 Å². The van der Waals surface area contributed by atoms with E-state index in [2.05, 4.69) is 12.2 Å². The lowest BCUT2D eigenvalue weighted by Gasteiger charge is -2.37. The molecule has 0 aliphatic heterocycles. The summed E-state index contributed by atoms with van der Waals surface area (Å²) in [7, 11) is 2.91. The second-order valence-corrected chi connectivity index (χ2v) is 7.39. The molecule has 0 heterocycles. The van der Waals surface area contributed by atoms with Crippen LogP contribution in [0.5, 0.6) is 5.75 Å². The van der Waals surface area contributed by atoms with Gasteiger partial charge in [-0.1, -0.05) is 20.3 Å². The molecule has 1 aromatic carbocycles. The Morgan fingerprint density at radius 1 is 1.33 bits per heavy atom. The van der Waals surface area contributed by atoms with Gasteiger partial charge in [-0.05, 0) is 56.7 Å². The zero-order chi connectivity index (χ0) is 20.0. The van der Waals surface area contributed by atoms with Crippen LogP contribution in [-0.2, 0) is 14.3 Å². The fourth-order valence-electron chi connectivity index (χ4n) is 3.51. The Bertz CT molecular complexity index is 675. The predicted molar refractivity (Wildman–Crippen MR) is 104 cm³/mol. The van der Waals surface area contributed by atoms with E-state index in [1.807, 2.05) is 13.8 Å². The fourth-order valence-corrected chi connectivity index (χ4v) is 3.51. The summed E-state index contributed by atoms with van der Waals surface area (Å²) >= 11 is 0. The van der Waals surface area contributed by atoms with E-state index >= 15 is 0 Å². The number of amides is 1. The van der Waals surface area contributed by atoms with Gasteiger partial charge in [0.15, 0.2) is 0 Å². The summed E-state index contributed by atoms with van der Waals surface area (Å²) in [6, 6.07) is 5.02. The maximum atomic E-state index is 12.9. The third kappa shape index (κ3) is 5.01. The highest BCUT2D eigenvalue weighted by Gasteiger charge is 2.42. The van der Waals surface area contributed by atoms with Crippen molar-refractivity contribution < 1.29 is 23.8 Å². The number of rotatable bonds is 7. The molecule has 0 spiro atoms. The lowest BCUT2D eigenvalue weighted by molar-refractivity contribution is -0.143. The van der Waals surface area contributed by atoms with E-state index in [-0.39, 0.29) is 12.0 Å². The predicted octanol–water partition coefficient (Wildman–Crippen LogP) is 4.18. The number of anilines is 1. The van der Waals surface area contributed by atoms with E-state index in [0.717, 1.165) is 19.3 Å². The van der Waals surface area contributed by atoms with Crippen molar-refractivity contribution >= 4 is 17.6 Å². The van der Waals surface area contributed by atoms with Crippen LogP contribution in [0, 0.1) is 5.92 Å². The Hall–Kier alpha value is -2.08. The van der Waals surface area contributed by atoms with Crippen LogP contribution >= 0.6 is 0 Å². The van der Waals surface area contributed by atoms with Gasteiger partial charge >= 0.3 is 5.97 Å². The summed E-state index contributed by atoms with van der Waals surface area (Å²) in [6.07, 6.45) is 4.22. The van der Waals surface area contributed by atoms with Crippen LogP contribution in [-0.4, -0.2) is 37.8 Å². The molecular weight excluding hydrogens is 346 g/mol. The number of hydrogen-bond donors (Lipinski definition) is 1. The first-order valence-corrected chi connectivity index (χ1v) is 9.60. The fraction of sp³-hybridized carbons (Fsp3) is 0.619. The molecule has 1 aliphatic rings. The summed E-state index contributed by atoms with van der Waals surface area (Å²) < 4.78 is 16.3. The quantitative estimate of drug-likeness (QED) is 0.722. The molecule has 1 N–H and O–H groups in total. The van der Waals surface area contributed by atoms with Gasteiger partial charge in [0.05, 0.1) is 13.2 Å². The minimum atomic E-state index is -0.824. The van der Waals surface area contributed by atoms with E-state index in [1.54, 1.807) is 25.3 Å². The Morgan fingerprint density at radius 3 is 2.67 bits per heavy atom. The maximum absolute atomic E-state index is 12.9. The number of esters is 1. The molecule has 6 nitrogen and oxygen atoms in total. The van der Waals surface area contributed by atoms with Crippen LogP contribution in [0.2, 0.25) is 0 Å². The lowest BCUT2D eigenvalue weighted by atomic mass is 9.78. The molecule has 0 unspecified atom stereocenters. The summed E-state index contributed by atoms with van der Waals surface area (Å²) in [6.45, 7) is 6.08.